The summed E-state index contributed by atoms with van der Waals surface area (Å²) in [5.41, 5.74) is -0.0357. The Morgan fingerprint density at radius 1 is 1.33 bits per heavy atom. The average molecular weight is 212 g/mol. The van der Waals surface area contributed by atoms with Gasteiger partial charge in [-0.1, -0.05) is 0 Å². The van der Waals surface area contributed by atoms with E-state index in [4.69, 9.17) is 4.74 Å². The van der Waals surface area contributed by atoms with Crippen LogP contribution < -0.4 is 5.32 Å². The third kappa shape index (κ3) is 2.71. The Morgan fingerprint density at radius 2 is 2.00 bits per heavy atom. The fourth-order valence-electron chi connectivity index (χ4n) is 2.65. The lowest BCUT2D eigenvalue weighted by Gasteiger charge is -2.45. The molecule has 0 spiro atoms. The Morgan fingerprint density at radius 3 is 2.47 bits per heavy atom. The highest BCUT2D eigenvalue weighted by atomic mass is 16.5. The van der Waals surface area contributed by atoms with E-state index in [1.54, 1.807) is 7.11 Å². The molecule has 0 amide bonds. The Balaban J connectivity index is 1.80. The van der Waals surface area contributed by atoms with Crippen LogP contribution in [0.5, 0.6) is 0 Å². The smallest absolute Gasteiger partial charge is 0.0746 e. The molecule has 88 valence electrons. The minimum absolute atomic E-state index is 0.0357. The van der Waals surface area contributed by atoms with Gasteiger partial charge in [0.25, 0.3) is 0 Å². The van der Waals surface area contributed by atoms with Gasteiger partial charge in [0, 0.05) is 26.2 Å². The molecule has 0 saturated carbocycles. The zero-order valence-electron chi connectivity index (χ0n) is 10.3. The molecule has 0 radical (unpaired) electrons. The molecule has 3 saturated heterocycles. The van der Waals surface area contributed by atoms with Crippen LogP contribution in [0.1, 0.15) is 26.7 Å². The molecule has 0 aromatic heterocycles. The van der Waals surface area contributed by atoms with E-state index in [9.17, 15) is 0 Å². The molecule has 1 N–H and O–H groups in total. The summed E-state index contributed by atoms with van der Waals surface area (Å²) >= 11 is 0. The van der Waals surface area contributed by atoms with Gasteiger partial charge < -0.3 is 15.0 Å². The first-order valence-corrected chi connectivity index (χ1v) is 6.11. The molecule has 0 aliphatic carbocycles. The SMILES string of the molecule is COC(C)(C)CNC1CN2CCC1CC2. The average Bonchev–Trinajstić information content (AvgIpc) is 2.28. The summed E-state index contributed by atoms with van der Waals surface area (Å²) in [6.45, 7) is 9.11. The van der Waals surface area contributed by atoms with Crippen molar-refractivity contribution < 1.29 is 4.74 Å². The number of rotatable bonds is 4. The van der Waals surface area contributed by atoms with Crippen LogP contribution >= 0.6 is 0 Å². The van der Waals surface area contributed by atoms with E-state index in [1.165, 1.54) is 32.5 Å². The van der Waals surface area contributed by atoms with E-state index in [0.29, 0.717) is 6.04 Å². The van der Waals surface area contributed by atoms with Gasteiger partial charge in [0.2, 0.25) is 0 Å². The zero-order valence-corrected chi connectivity index (χ0v) is 10.3. The number of methoxy groups -OCH3 is 1. The molecule has 1 unspecified atom stereocenters. The monoisotopic (exact) mass is 212 g/mol. The number of nitrogens with zero attached hydrogens (tertiary/aromatic N) is 1. The minimum atomic E-state index is -0.0357. The Bertz CT molecular complexity index is 210. The van der Waals surface area contributed by atoms with Crippen molar-refractivity contribution >= 4 is 0 Å². The summed E-state index contributed by atoms with van der Waals surface area (Å²) in [7, 11) is 1.79. The van der Waals surface area contributed by atoms with Crippen LogP contribution in [0.4, 0.5) is 0 Å². The highest BCUT2D eigenvalue weighted by Crippen LogP contribution is 2.27. The second-order valence-electron chi connectivity index (χ2n) is 5.59. The van der Waals surface area contributed by atoms with Crippen molar-refractivity contribution in [3.05, 3.63) is 0 Å². The molecule has 3 nitrogen and oxygen atoms in total. The number of hydrogen-bond acceptors (Lipinski definition) is 3. The van der Waals surface area contributed by atoms with Gasteiger partial charge in [-0.3, -0.25) is 0 Å². The second-order valence-corrected chi connectivity index (χ2v) is 5.59. The maximum atomic E-state index is 5.43. The minimum Gasteiger partial charge on any atom is -0.377 e. The molecular weight excluding hydrogens is 188 g/mol. The fraction of sp³-hybridized carbons (Fsp3) is 1.00. The first-order chi connectivity index (χ1) is 7.11. The molecular formula is C12H24N2O. The van der Waals surface area contributed by atoms with Crippen molar-refractivity contribution in [1.29, 1.82) is 0 Å². The van der Waals surface area contributed by atoms with Gasteiger partial charge in [0.05, 0.1) is 5.60 Å². The molecule has 1 atom stereocenters. The Hall–Kier alpha value is -0.120. The van der Waals surface area contributed by atoms with Crippen LogP contribution in [0.3, 0.4) is 0 Å². The lowest BCUT2D eigenvalue weighted by molar-refractivity contribution is 0.00780. The molecule has 3 rings (SSSR count). The van der Waals surface area contributed by atoms with Gasteiger partial charge in [-0.15, -0.1) is 0 Å². The zero-order chi connectivity index (χ0) is 10.9. The summed E-state index contributed by atoms with van der Waals surface area (Å²) in [5, 5.41) is 3.68. The van der Waals surface area contributed by atoms with Crippen LogP contribution in [-0.4, -0.2) is 49.8 Å². The van der Waals surface area contributed by atoms with E-state index in [-0.39, 0.29) is 5.60 Å². The van der Waals surface area contributed by atoms with E-state index >= 15 is 0 Å². The first kappa shape index (κ1) is 11.4. The molecule has 0 aromatic rings. The highest BCUT2D eigenvalue weighted by Gasteiger charge is 2.34. The Kier molecular flexibility index (Phi) is 3.33. The van der Waals surface area contributed by atoms with Crippen molar-refractivity contribution in [1.82, 2.24) is 10.2 Å². The molecule has 3 aliphatic heterocycles. The number of ether oxygens (including phenoxy) is 1. The first-order valence-electron chi connectivity index (χ1n) is 6.11. The lowest BCUT2D eigenvalue weighted by Crippen LogP contribution is -2.57. The van der Waals surface area contributed by atoms with Gasteiger partial charge in [0.1, 0.15) is 0 Å². The maximum Gasteiger partial charge on any atom is 0.0746 e. The Labute approximate surface area is 93.2 Å². The fourth-order valence-corrected chi connectivity index (χ4v) is 2.65. The number of hydrogen-bond donors (Lipinski definition) is 1. The number of nitrogens with one attached hydrogen (secondary N) is 1. The highest BCUT2D eigenvalue weighted by molar-refractivity contribution is 4.91. The molecule has 0 aromatic carbocycles. The van der Waals surface area contributed by atoms with Crippen LogP contribution in [0, 0.1) is 5.92 Å². The standard InChI is InChI=1S/C12H24N2O/c1-12(2,15-3)9-13-11-8-14-6-4-10(11)5-7-14/h10-11,13H,4-9H2,1-3H3. The molecule has 3 fully saturated rings. The summed E-state index contributed by atoms with van der Waals surface area (Å²) in [6, 6.07) is 0.696. The van der Waals surface area contributed by atoms with Crippen LogP contribution in [-0.2, 0) is 4.74 Å². The van der Waals surface area contributed by atoms with Gasteiger partial charge in [-0.05, 0) is 45.7 Å². The predicted molar refractivity (Wildman–Crippen MR) is 62.0 cm³/mol. The summed E-state index contributed by atoms with van der Waals surface area (Å²) in [5.74, 6) is 0.905. The van der Waals surface area contributed by atoms with Crippen LogP contribution in [0.2, 0.25) is 0 Å². The maximum absolute atomic E-state index is 5.43. The van der Waals surface area contributed by atoms with Gasteiger partial charge in [-0.2, -0.15) is 0 Å². The lowest BCUT2D eigenvalue weighted by atomic mass is 9.84. The van der Waals surface area contributed by atoms with Gasteiger partial charge in [0.15, 0.2) is 0 Å². The topological polar surface area (TPSA) is 24.5 Å². The second kappa shape index (κ2) is 4.40. The largest absolute Gasteiger partial charge is 0.377 e. The predicted octanol–water partition coefficient (Wildman–Crippen LogP) is 1.10. The third-order valence-corrected chi connectivity index (χ3v) is 4.00. The van der Waals surface area contributed by atoms with E-state index in [1.807, 2.05) is 0 Å². The van der Waals surface area contributed by atoms with Crippen molar-refractivity contribution in [3.8, 4) is 0 Å². The van der Waals surface area contributed by atoms with Crippen LogP contribution in [0.25, 0.3) is 0 Å². The van der Waals surface area contributed by atoms with E-state index < -0.39 is 0 Å². The molecule has 15 heavy (non-hydrogen) atoms. The number of piperidine rings is 3. The van der Waals surface area contributed by atoms with Gasteiger partial charge in [-0.25, -0.2) is 0 Å². The summed E-state index contributed by atoms with van der Waals surface area (Å²) < 4.78 is 5.43. The molecule has 3 heteroatoms. The van der Waals surface area contributed by atoms with Crippen molar-refractivity contribution in [2.24, 2.45) is 5.92 Å². The summed E-state index contributed by atoms with van der Waals surface area (Å²) in [4.78, 5) is 2.58. The molecule has 3 aliphatic rings. The van der Waals surface area contributed by atoms with E-state index in [0.717, 1.165) is 12.5 Å². The van der Waals surface area contributed by atoms with Crippen molar-refractivity contribution in [3.63, 3.8) is 0 Å². The number of fused-ring (bicyclic) bond motifs is 3. The molecule has 2 bridgehead atoms. The van der Waals surface area contributed by atoms with Gasteiger partial charge >= 0.3 is 0 Å². The van der Waals surface area contributed by atoms with E-state index in [2.05, 4.69) is 24.1 Å². The van der Waals surface area contributed by atoms with Crippen LogP contribution in [0.15, 0.2) is 0 Å². The van der Waals surface area contributed by atoms with Crippen molar-refractivity contribution in [2.45, 2.75) is 38.3 Å². The molecule has 3 heterocycles. The van der Waals surface area contributed by atoms with Crippen molar-refractivity contribution in [2.75, 3.05) is 33.3 Å². The third-order valence-electron chi connectivity index (χ3n) is 4.00. The summed E-state index contributed by atoms with van der Waals surface area (Å²) in [6.07, 6.45) is 2.76. The normalized spacial score (nSPS) is 35.8. The quantitative estimate of drug-likeness (QED) is 0.755.